The topological polar surface area (TPSA) is 63.4 Å². The standard InChI is InChI=1S/C28H21N4O2.Pt/c1-31(2)22-13-14-25(33)28-21(22)12-15-27(30-28)34-18-10-11-20-19-7-3-4-8-23(19)32(24(20)17-18)26-9-5-6-16-29-26;/h3-16,33H,1-2H3;/q-1;. The second-order valence-corrected chi connectivity index (χ2v) is 8.27. The third-order valence-electron chi connectivity index (χ3n) is 5.92. The van der Waals surface area contributed by atoms with Crippen molar-refractivity contribution < 1.29 is 30.9 Å². The zero-order valence-electron chi connectivity index (χ0n) is 19.0. The molecule has 6 nitrogen and oxygen atoms in total. The number of pyridine rings is 2. The van der Waals surface area contributed by atoms with Crippen molar-refractivity contribution in [3.05, 3.63) is 91.1 Å². The first-order valence-electron chi connectivity index (χ1n) is 10.9. The summed E-state index contributed by atoms with van der Waals surface area (Å²) in [5.74, 6) is 1.84. The van der Waals surface area contributed by atoms with E-state index in [9.17, 15) is 5.11 Å². The number of ether oxygens (including phenoxy) is 1. The van der Waals surface area contributed by atoms with Gasteiger partial charge in [0.1, 0.15) is 17.1 Å². The molecule has 6 rings (SSSR count). The summed E-state index contributed by atoms with van der Waals surface area (Å²) in [7, 11) is 3.92. The molecule has 0 amide bonds. The van der Waals surface area contributed by atoms with E-state index in [2.05, 4.69) is 32.7 Å². The number of aromatic hydroxyl groups is 1. The molecule has 7 heteroatoms. The van der Waals surface area contributed by atoms with Crippen LogP contribution in [-0.4, -0.2) is 33.7 Å². The summed E-state index contributed by atoms with van der Waals surface area (Å²) in [6, 6.07) is 28.7. The molecule has 0 radical (unpaired) electrons. The van der Waals surface area contributed by atoms with E-state index in [-0.39, 0.29) is 26.8 Å². The second-order valence-electron chi connectivity index (χ2n) is 8.27. The molecule has 6 aromatic rings. The molecule has 0 aliphatic rings. The van der Waals surface area contributed by atoms with Crippen LogP contribution < -0.4 is 9.64 Å². The van der Waals surface area contributed by atoms with Gasteiger partial charge in [-0.15, -0.1) is 17.5 Å². The maximum absolute atomic E-state index is 10.4. The molecule has 0 bridgehead atoms. The molecular weight excluding hydrogens is 619 g/mol. The van der Waals surface area contributed by atoms with E-state index >= 15 is 0 Å². The summed E-state index contributed by atoms with van der Waals surface area (Å²) in [6.45, 7) is 0. The number of phenols is 1. The quantitative estimate of drug-likeness (QED) is 0.237. The zero-order valence-corrected chi connectivity index (χ0v) is 21.3. The number of phenolic OH excluding ortho intramolecular Hbond substituents is 1. The van der Waals surface area contributed by atoms with Crippen molar-refractivity contribution in [2.45, 2.75) is 0 Å². The molecular formula is C28H21N4O2Pt-. The van der Waals surface area contributed by atoms with E-state index in [1.807, 2.05) is 73.6 Å². The van der Waals surface area contributed by atoms with Crippen molar-refractivity contribution in [2.24, 2.45) is 0 Å². The predicted octanol–water partition coefficient (Wildman–Crippen LogP) is 6.09. The molecule has 0 saturated carbocycles. The number of hydrogen-bond donors (Lipinski definition) is 1. The van der Waals surface area contributed by atoms with Crippen LogP contribution in [0.4, 0.5) is 5.69 Å². The zero-order chi connectivity index (χ0) is 23.2. The van der Waals surface area contributed by atoms with Gasteiger partial charge in [-0.2, -0.15) is 6.07 Å². The first-order chi connectivity index (χ1) is 16.6. The molecule has 0 unspecified atom stereocenters. The van der Waals surface area contributed by atoms with Gasteiger partial charge in [-0.1, -0.05) is 29.8 Å². The van der Waals surface area contributed by atoms with Gasteiger partial charge < -0.3 is 19.3 Å². The molecule has 0 aliphatic heterocycles. The Morgan fingerprint density at radius 3 is 2.46 bits per heavy atom. The second kappa shape index (κ2) is 9.04. The molecule has 3 heterocycles. The summed E-state index contributed by atoms with van der Waals surface area (Å²) in [6.07, 6.45) is 1.78. The van der Waals surface area contributed by atoms with Crippen molar-refractivity contribution in [3.63, 3.8) is 0 Å². The van der Waals surface area contributed by atoms with Gasteiger partial charge in [-0.3, -0.25) is 0 Å². The van der Waals surface area contributed by atoms with Crippen molar-refractivity contribution in [2.75, 3.05) is 19.0 Å². The van der Waals surface area contributed by atoms with Gasteiger partial charge in [0.25, 0.3) is 0 Å². The maximum Gasteiger partial charge on any atom is 0.217 e. The number of anilines is 1. The van der Waals surface area contributed by atoms with Crippen LogP contribution in [0.3, 0.4) is 0 Å². The van der Waals surface area contributed by atoms with Gasteiger partial charge in [0.2, 0.25) is 5.88 Å². The predicted molar refractivity (Wildman–Crippen MR) is 135 cm³/mol. The monoisotopic (exact) mass is 640 g/mol. The van der Waals surface area contributed by atoms with Crippen molar-refractivity contribution >= 4 is 38.4 Å². The molecule has 0 atom stereocenters. The van der Waals surface area contributed by atoms with Crippen LogP contribution >= 0.6 is 0 Å². The fourth-order valence-electron chi connectivity index (χ4n) is 4.39. The third kappa shape index (κ3) is 3.90. The smallest absolute Gasteiger partial charge is 0.217 e. The number of hydrogen-bond acceptors (Lipinski definition) is 5. The van der Waals surface area contributed by atoms with Crippen LogP contribution in [0.1, 0.15) is 0 Å². The minimum absolute atomic E-state index is 0. The van der Waals surface area contributed by atoms with E-state index in [0.717, 1.165) is 38.7 Å². The fraction of sp³-hybridized carbons (Fsp3) is 0.0714. The average molecular weight is 641 g/mol. The SMILES string of the molecule is CN(C)c1ccc(O)c2nc(Oc3[c-]c4c(cc3)c3ccccc3n4-c3ccccn3)ccc12.[Pt]. The third-order valence-corrected chi connectivity index (χ3v) is 5.92. The summed E-state index contributed by atoms with van der Waals surface area (Å²) in [5, 5.41) is 13.4. The first-order valence-corrected chi connectivity index (χ1v) is 10.9. The minimum Gasteiger partial charge on any atom is -0.506 e. The Bertz CT molecular complexity index is 1680. The Morgan fingerprint density at radius 2 is 1.66 bits per heavy atom. The van der Waals surface area contributed by atoms with Crippen molar-refractivity contribution in [1.82, 2.24) is 14.5 Å². The molecule has 1 N–H and O–H groups in total. The molecule has 0 aliphatic carbocycles. The Labute approximate surface area is 216 Å². The van der Waals surface area contributed by atoms with Gasteiger partial charge in [0.15, 0.2) is 0 Å². The Kier molecular flexibility index (Phi) is 5.91. The number of fused-ring (bicyclic) bond motifs is 4. The van der Waals surface area contributed by atoms with E-state index in [1.165, 1.54) is 0 Å². The largest absolute Gasteiger partial charge is 0.506 e. The molecule has 176 valence electrons. The summed E-state index contributed by atoms with van der Waals surface area (Å²) in [5.41, 5.74) is 3.39. The van der Waals surface area contributed by atoms with Gasteiger partial charge in [-0.25, -0.2) is 9.97 Å². The molecule has 3 aromatic carbocycles. The number of aromatic nitrogens is 3. The number of para-hydroxylation sites is 1. The molecule has 0 saturated heterocycles. The Hall–Kier alpha value is -3.89. The number of rotatable bonds is 4. The van der Waals surface area contributed by atoms with E-state index < -0.39 is 0 Å². The van der Waals surface area contributed by atoms with E-state index in [4.69, 9.17) is 4.74 Å². The summed E-state index contributed by atoms with van der Waals surface area (Å²) in [4.78, 5) is 11.1. The summed E-state index contributed by atoms with van der Waals surface area (Å²) >= 11 is 0. The van der Waals surface area contributed by atoms with Crippen LogP contribution in [0.15, 0.2) is 85.1 Å². The number of benzene rings is 3. The average Bonchev–Trinajstić information content (AvgIpc) is 3.18. The van der Waals surface area contributed by atoms with Crippen molar-refractivity contribution in [3.8, 4) is 23.2 Å². The maximum atomic E-state index is 10.4. The van der Waals surface area contributed by atoms with Crippen LogP contribution in [0.25, 0.3) is 38.5 Å². The van der Waals surface area contributed by atoms with Gasteiger partial charge in [-0.05, 0) is 41.8 Å². The van der Waals surface area contributed by atoms with E-state index in [1.54, 1.807) is 18.3 Å². The van der Waals surface area contributed by atoms with Gasteiger partial charge >= 0.3 is 0 Å². The normalized spacial score (nSPS) is 11.0. The van der Waals surface area contributed by atoms with Gasteiger partial charge in [0, 0.05) is 69.8 Å². The molecule has 0 spiro atoms. The van der Waals surface area contributed by atoms with Gasteiger partial charge in [0.05, 0.1) is 0 Å². The molecule has 0 fully saturated rings. The fourth-order valence-corrected chi connectivity index (χ4v) is 4.39. The Balaban J connectivity index is 0.00000253. The first kappa shape index (κ1) is 22.9. The molecule has 3 aromatic heterocycles. The van der Waals surface area contributed by atoms with Crippen LogP contribution in [0.2, 0.25) is 0 Å². The van der Waals surface area contributed by atoms with Crippen molar-refractivity contribution in [1.29, 1.82) is 0 Å². The summed E-state index contributed by atoms with van der Waals surface area (Å²) < 4.78 is 8.20. The van der Waals surface area contributed by atoms with Crippen LogP contribution in [0, 0.1) is 6.07 Å². The number of nitrogens with zero attached hydrogens (tertiary/aromatic N) is 4. The van der Waals surface area contributed by atoms with E-state index in [0.29, 0.717) is 17.1 Å². The molecule has 35 heavy (non-hydrogen) atoms. The Morgan fingerprint density at radius 1 is 0.857 bits per heavy atom. The minimum atomic E-state index is 0. The van der Waals surface area contributed by atoms with Crippen LogP contribution in [-0.2, 0) is 21.1 Å². The van der Waals surface area contributed by atoms with Crippen LogP contribution in [0.5, 0.6) is 17.4 Å².